The molecule has 1 N–H and O–H groups in total. The topological polar surface area (TPSA) is 59.8 Å². The highest BCUT2D eigenvalue weighted by Gasteiger charge is 2.06. The minimum absolute atomic E-state index is 0.0803. The van der Waals surface area contributed by atoms with Crippen molar-refractivity contribution in [1.82, 2.24) is 14.5 Å². The fourth-order valence-corrected chi connectivity index (χ4v) is 2.04. The minimum Gasteiger partial charge on any atom is -0.370 e. The van der Waals surface area contributed by atoms with Crippen LogP contribution in [0, 0.1) is 6.92 Å². The van der Waals surface area contributed by atoms with Gasteiger partial charge in [-0.1, -0.05) is 6.07 Å². The monoisotopic (exact) mass is 322 g/mol. The Morgan fingerprint density at radius 1 is 1.32 bits per heavy atom. The van der Waals surface area contributed by atoms with E-state index in [0.29, 0.717) is 16.8 Å². The number of hydrogen-bond donors (Lipinski definition) is 1. The average molecular weight is 323 g/mol. The van der Waals surface area contributed by atoms with Gasteiger partial charge in [0.2, 0.25) is 0 Å². The molecule has 0 radical (unpaired) electrons. The van der Waals surface area contributed by atoms with E-state index in [0.717, 1.165) is 17.9 Å². The van der Waals surface area contributed by atoms with Crippen LogP contribution in [0.4, 0.5) is 5.82 Å². The molecule has 0 saturated carbocycles. The van der Waals surface area contributed by atoms with Crippen LogP contribution in [0.25, 0.3) is 0 Å². The van der Waals surface area contributed by atoms with Crippen LogP contribution in [-0.4, -0.2) is 21.1 Å². The van der Waals surface area contributed by atoms with E-state index in [-0.39, 0.29) is 5.56 Å². The predicted molar refractivity (Wildman–Crippen MR) is 78.4 cm³/mol. The maximum Gasteiger partial charge on any atom is 0.268 e. The number of aromatic nitrogens is 3. The average Bonchev–Trinajstić information content (AvgIpc) is 2.41. The number of hydrogen-bond acceptors (Lipinski definition) is 4. The van der Waals surface area contributed by atoms with Crippen molar-refractivity contribution in [2.75, 3.05) is 11.9 Å². The second-order valence-corrected chi connectivity index (χ2v) is 4.98. The molecule has 19 heavy (non-hydrogen) atoms. The summed E-state index contributed by atoms with van der Waals surface area (Å²) in [5, 5.41) is 3.13. The molecule has 2 heterocycles. The van der Waals surface area contributed by atoms with E-state index in [1.165, 1.54) is 6.20 Å². The van der Waals surface area contributed by atoms with E-state index >= 15 is 0 Å². The van der Waals surface area contributed by atoms with Crippen molar-refractivity contribution in [3.63, 3.8) is 0 Å². The molecule has 0 aliphatic carbocycles. The second-order valence-electron chi connectivity index (χ2n) is 4.13. The molecule has 0 atom stereocenters. The Labute approximate surface area is 119 Å². The highest BCUT2D eigenvalue weighted by Crippen LogP contribution is 2.08. The van der Waals surface area contributed by atoms with Crippen molar-refractivity contribution in [3.8, 4) is 0 Å². The van der Waals surface area contributed by atoms with E-state index in [9.17, 15) is 4.79 Å². The molecule has 6 heteroatoms. The molecule has 0 unspecified atom stereocenters. The van der Waals surface area contributed by atoms with E-state index in [1.54, 1.807) is 10.8 Å². The largest absolute Gasteiger partial charge is 0.370 e. The summed E-state index contributed by atoms with van der Waals surface area (Å²) in [5.74, 6) is 1.52. The molecule has 0 bridgehead atoms. The predicted octanol–water partition coefficient (Wildman–Crippen LogP) is 2.19. The van der Waals surface area contributed by atoms with Gasteiger partial charge in [0, 0.05) is 18.9 Å². The number of nitrogens with one attached hydrogen (secondary N) is 1. The van der Waals surface area contributed by atoms with E-state index in [1.807, 2.05) is 26.0 Å². The Kier molecular flexibility index (Phi) is 4.31. The van der Waals surface area contributed by atoms with Crippen LogP contribution in [0.5, 0.6) is 0 Å². The third-order valence-electron chi connectivity index (χ3n) is 2.73. The smallest absolute Gasteiger partial charge is 0.268 e. The fourth-order valence-electron chi connectivity index (χ4n) is 1.72. The van der Waals surface area contributed by atoms with Gasteiger partial charge in [0.1, 0.15) is 16.1 Å². The van der Waals surface area contributed by atoms with Crippen LogP contribution >= 0.6 is 15.9 Å². The molecule has 0 aliphatic heterocycles. The van der Waals surface area contributed by atoms with Crippen molar-refractivity contribution in [1.29, 1.82) is 0 Å². The molecule has 2 aromatic heterocycles. The number of pyridine rings is 1. The summed E-state index contributed by atoms with van der Waals surface area (Å²) in [6.07, 6.45) is 3.30. The first-order valence-corrected chi connectivity index (χ1v) is 6.82. The molecule has 0 aliphatic rings. The quantitative estimate of drug-likeness (QED) is 0.937. The zero-order valence-electron chi connectivity index (χ0n) is 10.9. The third kappa shape index (κ3) is 3.20. The number of halogens is 1. The first kappa shape index (κ1) is 13.7. The lowest BCUT2D eigenvalue weighted by molar-refractivity contribution is 0.693. The molecule has 0 spiro atoms. The van der Waals surface area contributed by atoms with Crippen molar-refractivity contribution in [2.45, 2.75) is 20.4 Å². The lowest BCUT2D eigenvalue weighted by Crippen LogP contribution is -2.24. The molecule has 0 saturated heterocycles. The lowest BCUT2D eigenvalue weighted by Gasteiger charge is -2.10. The summed E-state index contributed by atoms with van der Waals surface area (Å²) < 4.78 is 2.09. The molecule has 0 aromatic carbocycles. The SMILES string of the molecule is CCNc1ccc(Cn2c(C)ncc(Br)c2=O)cn1. The number of rotatable bonds is 4. The maximum absolute atomic E-state index is 12.0. The molecule has 2 rings (SSSR count). The van der Waals surface area contributed by atoms with Gasteiger partial charge >= 0.3 is 0 Å². The van der Waals surface area contributed by atoms with E-state index in [4.69, 9.17) is 0 Å². The number of anilines is 1. The highest BCUT2D eigenvalue weighted by molar-refractivity contribution is 9.10. The van der Waals surface area contributed by atoms with Crippen molar-refractivity contribution < 1.29 is 0 Å². The molecular weight excluding hydrogens is 308 g/mol. The summed E-state index contributed by atoms with van der Waals surface area (Å²) in [5.41, 5.74) is 0.884. The van der Waals surface area contributed by atoms with Gasteiger partial charge in [-0.3, -0.25) is 9.36 Å². The van der Waals surface area contributed by atoms with Gasteiger partial charge in [-0.15, -0.1) is 0 Å². The van der Waals surface area contributed by atoms with Crippen LogP contribution in [-0.2, 0) is 6.54 Å². The van der Waals surface area contributed by atoms with Gasteiger partial charge in [-0.25, -0.2) is 9.97 Å². The summed E-state index contributed by atoms with van der Waals surface area (Å²) >= 11 is 3.20. The third-order valence-corrected chi connectivity index (χ3v) is 3.27. The normalized spacial score (nSPS) is 10.5. The Hall–Kier alpha value is -1.69. The fraction of sp³-hybridized carbons (Fsp3) is 0.308. The van der Waals surface area contributed by atoms with Crippen LogP contribution in [0.1, 0.15) is 18.3 Å². The lowest BCUT2D eigenvalue weighted by atomic mass is 10.2. The Balaban J connectivity index is 2.26. The summed E-state index contributed by atoms with van der Waals surface area (Å²) in [7, 11) is 0. The van der Waals surface area contributed by atoms with Crippen LogP contribution in [0.2, 0.25) is 0 Å². The molecule has 2 aromatic rings. The van der Waals surface area contributed by atoms with Gasteiger partial charge in [0.05, 0.1) is 6.54 Å². The van der Waals surface area contributed by atoms with Crippen LogP contribution in [0.15, 0.2) is 33.8 Å². The standard InChI is InChI=1S/C13H15BrN4O/c1-3-15-12-5-4-10(6-17-12)8-18-9(2)16-7-11(14)13(18)19/h4-7H,3,8H2,1-2H3,(H,15,17). The van der Waals surface area contributed by atoms with E-state index in [2.05, 4.69) is 31.2 Å². The van der Waals surface area contributed by atoms with Gasteiger partial charge in [0.25, 0.3) is 5.56 Å². The van der Waals surface area contributed by atoms with Crippen molar-refractivity contribution >= 4 is 21.7 Å². The molecular formula is C13H15BrN4O. The number of nitrogens with zero attached hydrogens (tertiary/aromatic N) is 3. The van der Waals surface area contributed by atoms with E-state index < -0.39 is 0 Å². The van der Waals surface area contributed by atoms with Crippen LogP contribution < -0.4 is 10.9 Å². The van der Waals surface area contributed by atoms with Crippen LogP contribution in [0.3, 0.4) is 0 Å². The van der Waals surface area contributed by atoms with Gasteiger partial charge < -0.3 is 5.32 Å². The van der Waals surface area contributed by atoms with Crippen molar-refractivity contribution in [2.24, 2.45) is 0 Å². The summed E-state index contributed by atoms with van der Waals surface area (Å²) in [4.78, 5) is 20.5. The molecule has 100 valence electrons. The Morgan fingerprint density at radius 3 is 2.74 bits per heavy atom. The Bertz CT molecular complexity index is 622. The summed E-state index contributed by atoms with van der Waals surface area (Å²) in [6.45, 7) is 5.14. The van der Waals surface area contributed by atoms with Crippen molar-refractivity contribution in [3.05, 3.63) is 50.7 Å². The van der Waals surface area contributed by atoms with Gasteiger partial charge in [-0.05, 0) is 41.4 Å². The molecule has 5 nitrogen and oxygen atoms in total. The first-order chi connectivity index (χ1) is 9.11. The van der Waals surface area contributed by atoms with Gasteiger partial charge in [0.15, 0.2) is 0 Å². The number of aryl methyl sites for hydroxylation is 1. The first-order valence-electron chi connectivity index (χ1n) is 6.02. The second kappa shape index (κ2) is 5.97. The summed E-state index contributed by atoms with van der Waals surface area (Å²) in [6, 6.07) is 3.86. The molecule has 0 amide bonds. The Morgan fingerprint density at radius 2 is 2.11 bits per heavy atom. The maximum atomic E-state index is 12.0. The van der Waals surface area contributed by atoms with Gasteiger partial charge in [-0.2, -0.15) is 0 Å². The minimum atomic E-state index is -0.0803. The zero-order valence-corrected chi connectivity index (χ0v) is 12.4. The molecule has 0 fully saturated rings. The highest BCUT2D eigenvalue weighted by atomic mass is 79.9. The zero-order chi connectivity index (χ0) is 13.8.